The van der Waals surface area contributed by atoms with Gasteiger partial charge >= 0.3 is 5.97 Å². The molecule has 1 saturated carbocycles. The minimum Gasteiger partial charge on any atom is -0.481 e. The second kappa shape index (κ2) is 9.87. The Labute approximate surface area is 203 Å². The Morgan fingerprint density at radius 3 is 2.54 bits per heavy atom. The molecular formula is C27H29F2N3O3. The minimum absolute atomic E-state index is 0.261. The molecule has 0 spiro atoms. The molecule has 184 valence electrons. The molecule has 8 heteroatoms. The fourth-order valence-corrected chi connectivity index (χ4v) is 5.20. The number of carbonyl (C=O) groups is 1. The Morgan fingerprint density at radius 2 is 1.86 bits per heavy atom. The summed E-state index contributed by atoms with van der Waals surface area (Å²) in [5.74, 6) is -2.01. The van der Waals surface area contributed by atoms with Gasteiger partial charge in [0.25, 0.3) is 0 Å². The van der Waals surface area contributed by atoms with Crippen LogP contribution in [-0.4, -0.2) is 41.1 Å². The van der Waals surface area contributed by atoms with Gasteiger partial charge in [0, 0.05) is 30.6 Å². The third kappa shape index (κ3) is 5.13. The number of nitrogens with one attached hydrogen (secondary N) is 1. The number of rotatable bonds is 7. The lowest BCUT2D eigenvalue weighted by atomic mass is 9.69. The number of hydrogen-bond acceptors (Lipinski definition) is 5. The summed E-state index contributed by atoms with van der Waals surface area (Å²) in [6, 6.07) is 12.2. The van der Waals surface area contributed by atoms with Gasteiger partial charge in [0.1, 0.15) is 0 Å². The van der Waals surface area contributed by atoms with E-state index in [9.17, 15) is 13.6 Å². The molecule has 3 aliphatic rings. The number of carboxylic acids is 1. The van der Waals surface area contributed by atoms with Crippen molar-refractivity contribution in [2.45, 2.75) is 50.3 Å². The van der Waals surface area contributed by atoms with E-state index in [4.69, 9.17) is 9.94 Å². The number of nitrogens with zero attached hydrogens (tertiary/aromatic N) is 2. The Hall–Kier alpha value is -3.10. The van der Waals surface area contributed by atoms with Crippen LogP contribution in [0.15, 0.2) is 59.6 Å². The van der Waals surface area contributed by atoms with Gasteiger partial charge in [-0.1, -0.05) is 55.7 Å². The number of hydroxylamine groups is 1. The number of hydrogen-bond donors (Lipinski definition) is 2. The third-order valence-corrected chi connectivity index (χ3v) is 7.29. The number of carboxylic acid groups (broad SMARTS) is 1. The molecule has 2 aromatic rings. The topological polar surface area (TPSA) is 74.2 Å². The van der Waals surface area contributed by atoms with Gasteiger partial charge in [-0.3, -0.25) is 9.69 Å². The first kappa shape index (κ1) is 23.6. The molecule has 2 N–H and O–H groups in total. The van der Waals surface area contributed by atoms with Crippen molar-refractivity contribution in [2.24, 2.45) is 10.9 Å². The van der Waals surface area contributed by atoms with Crippen molar-refractivity contribution in [1.82, 2.24) is 10.4 Å². The number of aliphatic imine (C=N–C) groups is 1. The average Bonchev–Trinajstić information content (AvgIpc) is 3.31. The van der Waals surface area contributed by atoms with E-state index in [0.29, 0.717) is 18.9 Å². The smallest absolute Gasteiger partial charge is 0.309 e. The van der Waals surface area contributed by atoms with Gasteiger partial charge in [0.05, 0.1) is 5.92 Å². The predicted molar refractivity (Wildman–Crippen MR) is 128 cm³/mol. The highest BCUT2D eigenvalue weighted by atomic mass is 19.2. The molecule has 6 nitrogen and oxygen atoms in total. The van der Waals surface area contributed by atoms with Crippen molar-refractivity contribution in [3.63, 3.8) is 0 Å². The molecule has 0 bridgehead atoms. The molecule has 1 aliphatic carbocycles. The van der Waals surface area contributed by atoms with Crippen LogP contribution in [0.1, 0.15) is 48.8 Å². The standard InChI is InChI=1S/C27H29F2N3O3/c28-22-9-8-21(14-23(22)29)27(11-2-1-3-12-27)13-10-24-30-25(31-35-24)19-6-4-18(5-7-19)15-32-16-20(17-32)26(33)34/h4-10,13-14,20,24H,1-3,11-12,15-17H2,(H,30,31)(H,33,34)/b13-10+. The molecule has 2 aliphatic heterocycles. The van der Waals surface area contributed by atoms with Crippen molar-refractivity contribution in [1.29, 1.82) is 0 Å². The maximum Gasteiger partial charge on any atom is 0.309 e. The fraction of sp³-hybridized carbons (Fsp3) is 0.407. The molecular weight excluding hydrogens is 452 g/mol. The molecule has 0 amide bonds. The Morgan fingerprint density at radius 1 is 1.11 bits per heavy atom. The van der Waals surface area contributed by atoms with Gasteiger partial charge in [0.15, 0.2) is 23.7 Å². The summed E-state index contributed by atoms with van der Waals surface area (Å²) in [4.78, 5) is 23.4. The van der Waals surface area contributed by atoms with Crippen LogP contribution in [0.2, 0.25) is 0 Å². The lowest BCUT2D eigenvalue weighted by Crippen LogP contribution is -2.49. The van der Waals surface area contributed by atoms with E-state index in [1.54, 1.807) is 6.07 Å². The molecule has 5 rings (SSSR count). The number of likely N-dealkylation sites (tertiary alicyclic amines) is 1. The van der Waals surface area contributed by atoms with Gasteiger partial charge in [-0.05, 0) is 42.2 Å². The van der Waals surface area contributed by atoms with Crippen molar-refractivity contribution in [3.8, 4) is 0 Å². The summed E-state index contributed by atoms with van der Waals surface area (Å²) in [6.07, 6.45) is 8.38. The first-order chi connectivity index (χ1) is 16.9. The molecule has 35 heavy (non-hydrogen) atoms. The Kier molecular flexibility index (Phi) is 6.67. The SMILES string of the molecule is O=C(O)C1CN(Cc2ccc(C3=NC(/C=C/C4(c5ccc(F)c(F)c5)CCCCC4)ON3)cc2)C1. The second-order valence-electron chi connectivity index (χ2n) is 9.72. The number of benzene rings is 2. The minimum atomic E-state index is -0.832. The highest BCUT2D eigenvalue weighted by molar-refractivity contribution is 5.98. The van der Waals surface area contributed by atoms with E-state index in [0.717, 1.165) is 55.3 Å². The third-order valence-electron chi connectivity index (χ3n) is 7.29. The van der Waals surface area contributed by atoms with E-state index < -0.39 is 23.8 Å². The van der Waals surface area contributed by atoms with Gasteiger partial charge in [0.2, 0.25) is 0 Å². The summed E-state index contributed by atoms with van der Waals surface area (Å²) in [6.45, 7) is 1.89. The number of allylic oxidation sites excluding steroid dienone is 1. The monoisotopic (exact) mass is 481 g/mol. The van der Waals surface area contributed by atoms with Crippen LogP contribution < -0.4 is 5.48 Å². The quantitative estimate of drug-likeness (QED) is 0.568. The predicted octanol–water partition coefficient (Wildman–Crippen LogP) is 4.55. The van der Waals surface area contributed by atoms with Crippen molar-refractivity contribution >= 4 is 11.8 Å². The van der Waals surface area contributed by atoms with Gasteiger partial charge in [-0.2, -0.15) is 0 Å². The van der Waals surface area contributed by atoms with Crippen LogP contribution in [0, 0.1) is 17.6 Å². The first-order valence-corrected chi connectivity index (χ1v) is 12.1. The Bertz CT molecular complexity index is 1140. The van der Waals surface area contributed by atoms with Crippen LogP contribution in [0.5, 0.6) is 0 Å². The van der Waals surface area contributed by atoms with E-state index >= 15 is 0 Å². The molecule has 0 aromatic heterocycles. The largest absolute Gasteiger partial charge is 0.481 e. The molecule has 0 radical (unpaired) electrons. The Balaban J connectivity index is 1.25. The molecule has 1 atom stereocenters. The highest BCUT2D eigenvalue weighted by Crippen LogP contribution is 2.41. The lowest BCUT2D eigenvalue weighted by molar-refractivity contribution is -0.147. The summed E-state index contributed by atoms with van der Waals surface area (Å²) < 4.78 is 27.5. The van der Waals surface area contributed by atoms with Gasteiger partial charge < -0.3 is 5.11 Å². The number of aliphatic carboxylic acids is 1. The molecule has 1 saturated heterocycles. The summed E-state index contributed by atoms with van der Waals surface area (Å²) >= 11 is 0. The van der Waals surface area contributed by atoms with Crippen LogP contribution in [0.25, 0.3) is 0 Å². The van der Waals surface area contributed by atoms with Crippen molar-refractivity contribution in [3.05, 3.63) is 82.9 Å². The first-order valence-electron chi connectivity index (χ1n) is 12.1. The molecule has 2 aromatic carbocycles. The van der Waals surface area contributed by atoms with Crippen LogP contribution in [-0.2, 0) is 21.6 Å². The van der Waals surface area contributed by atoms with Crippen molar-refractivity contribution in [2.75, 3.05) is 13.1 Å². The van der Waals surface area contributed by atoms with E-state index in [1.165, 1.54) is 12.1 Å². The number of halogens is 2. The zero-order valence-electron chi connectivity index (χ0n) is 19.4. The molecule has 2 fully saturated rings. The summed E-state index contributed by atoms with van der Waals surface area (Å²) in [7, 11) is 0. The fourth-order valence-electron chi connectivity index (χ4n) is 5.20. The molecule has 1 unspecified atom stereocenters. The van der Waals surface area contributed by atoms with E-state index in [1.807, 2.05) is 30.3 Å². The van der Waals surface area contributed by atoms with Crippen LogP contribution in [0.3, 0.4) is 0 Å². The van der Waals surface area contributed by atoms with Gasteiger partial charge in [-0.25, -0.2) is 24.1 Å². The summed E-state index contributed by atoms with van der Waals surface area (Å²) in [5.41, 5.74) is 5.33. The maximum absolute atomic E-state index is 14.0. The maximum atomic E-state index is 14.0. The zero-order valence-corrected chi connectivity index (χ0v) is 19.4. The van der Waals surface area contributed by atoms with Crippen molar-refractivity contribution < 1.29 is 23.5 Å². The van der Waals surface area contributed by atoms with Crippen LogP contribution in [0.4, 0.5) is 8.78 Å². The van der Waals surface area contributed by atoms with Gasteiger partial charge in [-0.15, -0.1) is 0 Å². The zero-order chi connectivity index (χ0) is 24.4. The normalized spacial score (nSPS) is 22.6. The number of amidine groups is 1. The van der Waals surface area contributed by atoms with E-state index in [2.05, 4.69) is 21.4 Å². The molecule has 2 heterocycles. The van der Waals surface area contributed by atoms with Crippen LogP contribution >= 0.6 is 0 Å². The highest BCUT2D eigenvalue weighted by Gasteiger charge is 2.33. The summed E-state index contributed by atoms with van der Waals surface area (Å²) in [5, 5.41) is 9.01. The lowest BCUT2D eigenvalue weighted by Gasteiger charge is -2.36. The second-order valence-corrected chi connectivity index (χ2v) is 9.72. The average molecular weight is 482 g/mol. The van der Waals surface area contributed by atoms with E-state index in [-0.39, 0.29) is 11.3 Å².